The summed E-state index contributed by atoms with van der Waals surface area (Å²) in [5.41, 5.74) is 2.14. The van der Waals surface area contributed by atoms with E-state index >= 15 is 0 Å². The second kappa shape index (κ2) is 18.9. The van der Waals surface area contributed by atoms with Gasteiger partial charge in [-0.15, -0.1) is 0 Å². The number of aliphatic hydroxyl groups excluding tert-OH is 2. The van der Waals surface area contributed by atoms with Gasteiger partial charge in [0.25, 0.3) is 0 Å². The molecule has 0 bridgehead atoms. The lowest BCUT2D eigenvalue weighted by Crippen LogP contribution is -2.59. The quantitative estimate of drug-likeness (QED) is 0.182. The summed E-state index contributed by atoms with van der Waals surface area (Å²) in [5.74, 6) is -7.15. The molecule has 50 heavy (non-hydrogen) atoms. The van der Waals surface area contributed by atoms with Crippen LogP contribution < -0.4 is 0 Å². The number of aliphatic carboxylic acids is 1. The van der Waals surface area contributed by atoms with Crippen LogP contribution in [0.2, 0.25) is 0 Å². The predicted octanol–water partition coefficient (Wildman–Crippen LogP) is 5.30. The van der Waals surface area contributed by atoms with E-state index in [1.54, 1.807) is 39.0 Å². The van der Waals surface area contributed by atoms with Crippen LogP contribution in [-0.4, -0.2) is 87.9 Å². The molecule has 1 fully saturated rings. The van der Waals surface area contributed by atoms with E-state index in [2.05, 4.69) is 0 Å². The summed E-state index contributed by atoms with van der Waals surface area (Å²) in [7, 11) is 1.48. The van der Waals surface area contributed by atoms with E-state index in [0.717, 1.165) is 17.2 Å². The largest absolute Gasteiger partial charge is 0.478 e. The predicted molar refractivity (Wildman–Crippen MR) is 189 cm³/mol. The van der Waals surface area contributed by atoms with Crippen LogP contribution in [0.3, 0.4) is 0 Å². The van der Waals surface area contributed by atoms with Crippen LogP contribution in [0.4, 0.5) is 0 Å². The van der Waals surface area contributed by atoms with Crippen LogP contribution in [0, 0.1) is 35.5 Å². The lowest BCUT2D eigenvalue weighted by molar-refractivity contribution is -0.329. The van der Waals surface area contributed by atoms with Crippen molar-refractivity contribution in [2.75, 3.05) is 7.11 Å². The summed E-state index contributed by atoms with van der Waals surface area (Å²) in [6.07, 6.45) is 5.98. The second-order valence-electron chi connectivity index (χ2n) is 14.8. The van der Waals surface area contributed by atoms with Crippen molar-refractivity contribution in [3.8, 4) is 0 Å². The maximum atomic E-state index is 13.5. The van der Waals surface area contributed by atoms with Gasteiger partial charge >= 0.3 is 17.9 Å². The minimum atomic E-state index is -1.97. The Labute approximate surface area is 297 Å². The molecule has 1 saturated heterocycles. The van der Waals surface area contributed by atoms with Crippen LogP contribution in [0.15, 0.2) is 59.3 Å². The van der Waals surface area contributed by atoms with E-state index in [-0.39, 0.29) is 30.1 Å². The Balaban J connectivity index is 2.51. The van der Waals surface area contributed by atoms with Crippen LogP contribution in [-0.2, 0) is 33.3 Å². The fraction of sp³-hybridized carbons (Fsp3) is 0.667. The standard InChI is InChI=1S/C39H60O11/c1-21(2)36-27(8)31(48-33(42)16-15-32(40)41)20-39(46,50-36)29(10)35(44)28(9)37-30(47-11)14-12-13-22(3)17-24(5)34(43)25(6)18-23(4)19-26(7)38(45)49-37/h12-16,18-19,21,24-25,27-31,34-37,43-44,46H,17,20H2,1-11H3,(H,40,41)/t24-,25+,27-,28-,29-,30-,31+,34-,35+,36+,37+,39+/m0/s1. The topological polar surface area (TPSA) is 169 Å². The molecule has 2 aliphatic rings. The van der Waals surface area contributed by atoms with Crippen molar-refractivity contribution in [3.63, 3.8) is 0 Å². The Hall–Kier alpha value is -3.09. The van der Waals surface area contributed by atoms with Gasteiger partial charge in [0.05, 0.1) is 18.3 Å². The van der Waals surface area contributed by atoms with Gasteiger partial charge in [-0.1, -0.05) is 83.9 Å². The zero-order valence-corrected chi connectivity index (χ0v) is 31.5. The first-order valence-corrected chi connectivity index (χ1v) is 17.5. The Bertz CT molecular complexity index is 1330. The molecular weight excluding hydrogens is 644 g/mol. The van der Waals surface area contributed by atoms with Crippen molar-refractivity contribution in [2.45, 2.75) is 124 Å². The Morgan fingerprint density at radius 1 is 1.06 bits per heavy atom. The summed E-state index contributed by atoms with van der Waals surface area (Å²) in [6.45, 7) is 18.4. The first-order valence-electron chi connectivity index (χ1n) is 17.5. The zero-order valence-electron chi connectivity index (χ0n) is 31.5. The summed E-state index contributed by atoms with van der Waals surface area (Å²) >= 11 is 0. The number of ether oxygens (including phenoxy) is 4. The number of cyclic esters (lactones) is 1. The van der Waals surface area contributed by atoms with E-state index in [0.29, 0.717) is 18.1 Å². The number of aliphatic hydroxyl groups is 3. The number of carbonyl (C=O) groups is 3. The summed E-state index contributed by atoms with van der Waals surface area (Å²) < 4.78 is 23.8. The maximum absolute atomic E-state index is 13.5. The molecule has 0 radical (unpaired) electrons. The second-order valence-corrected chi connectivity index (χ2v) is 14.8. The number of methoxy groups -OCH3 is 1. The third-order valence-electron chi connectivity index (χ3n) is 10.1. The van der Waals surface area contributed by atoms with E-state index < -0.39 is 72.2 Å². The molecule has 0 aliphatic carbocycles. The zero-order chi connectivity index (χ0) is 38.1. The van der Waals surface area contributed by atoms with Crippen LogP contribution in [0.1, 0.15) is 82.1 Å². The summed E-state index contributed by atoms with van der Waals surface area (Å²) in [5, 5.41) is 43.7. The highest BCUT2D eigenvalue weighted by Gasteiger charge is 2.53. The molecule has 2 aliphatic heterocycles. The van der Waals surface area contributed by atoms with Crippen LogP contribution in [0.5, 0.6) is 0 Å². The third-order valence-corrected chi connectivity index (χ3v) is 10.1. The highest BCUT2D eigenvalue weighted by Crippen LogP contribution is 2.42. The molecule has 2 rings (SSSR count). The molecule has 0 aromatic rings. The third kappa shape index (κ3) is 11.7. The van der Waals surface area contributed by atoms with Crippen LogP contribution in [0.25, 0.3) is 0 Å². The molecule has 0 aromatic heterocycles. The van der Waals surface area contributed by atoms with Gasteiger partial charge in [0.2, 0.25) is 0 Å². The van der Waals surface area contributed by atoms with Crippen molar-refractivity contribution in [1.29, 1.82) is 0 Å². The van der Waals surface area contributed by atoms with Gasteiger partial charge in [-0.25, -0.2) is 14.4 Å². The Kier molecular flexibility index (Phi) is 16.3. The van der Waals surface area contributed by atoms with E-state index in [1.807, 2.05) is 60.6 Å². The molecule has 2 heterocycles. The number of carboxylic acid groups (broad SMARTS) is 1. The molecule has 4 N–H and O–H groups in total. The highest BCUT2D eigenvalue weighted by molar-refractivity contribution is 5.90. The van der Waals surface area contributed by atoms with E-state index in [1.165, 1.54) is 7.11 Å². The molecular formula is C39H60O11. The minimum Gasteiger partial charge on any atom is -0.478 e. The molecule has 0 unspecified atom stereocenters. The van der Waals surface area contributed by atoms with Gasteiger partial charge in [-0.2, -0.15) is 0 Å². The van der Waals surface area contributed by atoms with E-state index in [4.69, 9.17) is 24.1 Å². The average Bonchev–Trinajstić information content (AvgIpc) is 3.04. The normalized spacial score (nSPS) is 33.9. The molecule has 0 spiro atoms. The number of allylic oxidation sites excluding steroid dienone is 5. The van der Waals surface area contributed by atoms with Gasteiger partial charge in [0.15, 0.2) is 5.79 Å². The summed E-state index contributed by atoms with van der Waals surface area (Å²) in [6, 6.07) is 0. The fourth-order valence-corrected chi connectivity index (χ4v) is 7.02. The maximum Gasteiger partial charge on any atom is 0.334 e. The number of hydrogen-bond donors (Lipinski definition) is 4. The molecule has 11 heteroatoms. The Morgan fingerprint density at radius 3 is 2.28 bits per heavy atom. The van der Waals surface area contributed by atoms with Crippen molar-refractivity contribution in [3.05, 3.63) is 59.3 Å². The minimum absolute atomic E-state index is 0.0142. The molecule has 0 aromatic carbocycles. The molecule has 0 saturated carbocycles. The molecule has 282 valence electrons. The number of carbonyl (C=O) groups excluding carboxylic acids is 2. The summed E-state index contributed by atoms with van der Waals surface area (Å²) in [4.78, 5) is 36.9. The van der Waals surface area contributed by atoms with Crippen molar-refractivity contribution >= 4 is 17.9 Å². The van der Waals surface area contributed by atoms with Crippen molar-refractivity contribution in [2.24, 2.45) is 35.5 Å². The van der Waals surface area contributed by atoms with E-state index in [9.17, 15) is 29.7 Å². The Morgan fingerprint density at radius 2 is 1.70 bits per heavy atom. The van der Waals surface area contributed by atoms with Crippen molar-refractivity contribution in [1.82, 2.24) is 0 Å². The monoisotopic (exact) mass is 704 g/mol. The number of esters is 2. The lowest BCUT2D eigenvalue weighted by atomic mass is 9.76. The van der Waals surface area contributed by atoms with Gasteiger partial charge in [-0.05, 0) is 45.1 Å². The number of carboxylic acids is 1. The number of rotatable bonds is 9. The lowest BCUT2D eigenvalue weighted by Gasteiger charge is -2.50. The SMILES string of the molecule is CO[C@H]1C=CC=C(C)C[C@H](C)[C@H](O)[C@H](C)C=C(C)C=C(C)C(=O)O[C@@H]1[C@@H](C)[C@@H](O)[C@H](C)[C@@]1(O)C[C@@H](OC(=O)C=CC(=O)O)[C@H](C)[C@@H](C(C)C)O1. The first kappa shape index (κ1) is 43.1. The smallest absolute Gasteiger partial charge is 0.334 e. The molecule has 12 atom stereocenters. The van der Waals surface area contributed by atoms with Crippen LogP contribution >= 0.6 is 0 Å². The number of hydrogen-bond acceptors (Lipinski definition) is 10. The van der Waals surface area contributed by atoms with Gasteiger partial charge in [0, 0.05) is 54.9 Å². The van der Waals surface area contributed by atoms with Crippen molar-refractivity contribution < 1.29 is 53.8 Å². The molecule has 11 nitrogen and oxygen atoms in total. The van der Waals surface area contributed by atoms with Gasteiger partial charge in [0.1, 0.15) is 18.3 Å². The highest BCUT2D eigenvalue weighted by atomic mass is 16.6. The fourth-order valence-electron chi connectivity index (χ4n) is 7.02. The average molecular weight is 705 g/mol. The van der Waals surface area contributed by atoms with Gasteiger partial charge < -0.3 is 39.4 Å². The first-order chi connectivity index (χ1) is 23.2. The van der Waals surface area contributed by atoms with Gasteiger partial charge in [-0.3, -0.25) is 0 Å². The molecule has 0 amide bonds.